The van der Waals surface area contributed by atoms with Crippen LogP contribution >= 0.6 is 23.4 Å². The molecule has 2 aromatic carbocycles. The van der Waals surface area contributed by atoms with Crippen molar-refractivity contribution in [3.8, 4) is 0 Å². The molecule has 3 aromatic rings. The van der Waals surface area contributed by atoms with Crippen molar-refractivity contribution >= 4 is 52.2 Å². The van der Waals surface area contributed by atoms with Crippen LogP contribution in [0.2, 0.25) is 5.02 Å². The lowest BCUT2D eigenvalue weighted by molar-refractivity contribution is -0.133. The second kappa shape index (κ2) is 16.2. The van der Waals surface area contributed by atoms with Gasteiger partial charge in [-0.15, -0.1) is 0 Å². The number of amides is 3. The van der Waals surface area contributed by atoms with Gasteiger partial charge in [0.15, 0.2) is 0 Å². The Bertz CT molecular complexity index is 1770. The summed E-state index contributed by atoms with van der Waals surface area (Å²) in [7, 11) is 2.08. The Labute approximate surface area is 304 Å². The lowest BCUT2D eigenvalue weighted by Crippen LogP contribution is -2.53. The number of likely N-dealkylation sites (N-methyl/N-ethyl adjacent to an activating group) is 1. The summed E-state index contributed by atoms with van der Waals surface area (Å²) >= 11 is 7.49. The van der Waals surface area contributed by atoms with Crippen molar-refractivity contribution < 1.29 is 28.3 Å². The molecule has 0 aliphatic carbocycles. The molecule has 3 amide bonds. The first-order valence-electron chi connectivity index (χ1n) is 17.0. The first-order chi connectivity index (χ1) is 24.5. The minimum absolute atomic E-state index is 0.0391. The van der Waals surface area contributed by atoms with Gasteiger partial charge in [0.25, 0.3) is 11.1 Å². The summed E-state index contributed by atoms with van der Waals surface area (Å²) in [5.41, 5.74) is -0.114. The molecule has 1 aromatic heterocycles. The maximum Gasteiger partial charge on any atom is 0.293 e. The Balaban J connectivity index is 0.985. The molecule has 3 fully saturated rings. The largest absolute Gasteiger partial charge is 0.382 e. The van der Waals surface area contributed by atoms with E-state index in [0.717, 1.165) is 61.3 Å². The third-order valence-electron chi connectivity index (χ3n) is 9.58. The van der Waals surface area contributed by atoms with E-state index in [2.05, 4.69) is 26.9 Å². The zero-order valence-electron chi connectivity index (χ0n) is 28.4. The highest BCUT2D eigenvalue weighted by Gasteiger charge is 2.37. The van der Waals surface area contributed by atoms with Crippen LogP contribution in [-0.4, -0.2) is 129 Å². The van der Waals surface area contributed by atoms with E-state index < -0.39 is 17.2 Å². The molecule has 3 aliphatic heterocycles. The molecular weight excluding hydrogens is 702 g/mol. The van der Waals surface area contributed by atoms with Crippen LogP contribution in [0.25, 0.3) is 6.08 Å². The molecule has 0 spiro atoms. The normalized spacial score (nSPS) is 19.7. The van der Waals surface area contributed by atoms with Crippen molar-refractivity contribution in [2.45, 2.75) is 31.4 Å². The molecule has 3 aliphatic rings. The molecule has 0 radical (unpaired) electrons. The van der Waals surface area contributed by atoms with Gasteiger partial charge in [0.1, 0.15) is 29.9 Å². The molecule has 16 heteroatoms. The zero-order chi connectivity index (χ0) is 36.1. The van der Waals surface area contributed by atoms with Gasteiger partial charge in [-0.3, -0.25) is 24.2 Å². The fourth-order valence-corrected chi connectivity index (χ4v) is 7.79. The summed E-state index contributed by atoms with van der Waals surface area (Å²) < 4.78 is 29.9. The van der Waals surface area contributed by atoms with Crippen molar-refractivity contribution in [2.75, 3.05) is 77.4 Å². The van der Waals surface area contributed by atoms with E-state index in [1.54, 1.807) is 17.0 Å². The molecule has 0 saturated carbocycles. The number of rotatable bonds is 12. The molecule has 1 atom stereocenters. The van der Waals surface area contributed by atoms with E-state index >= 15 is 0 Å². The van der Waals surface area contributed by atoms with E-state index in [1.807, 2.05) is 17.0 Å². The van der Waals surface area contributed by atoms with Gasteiger partial charge in [-0.1, -0.05) is 23.7 Å². The number of nitrogens with zero attached hydrogens (tertiary/aromatic N) is 8. The van der Waals surface area contributed by atoms with E-state index in [0.29, 0.717) is 48.9 Å². The van der Waals surface area contributed by atoms with Crippen LogP contribution in [0, 0.1) is 11.6 Å². The van der Waals surface area contributed by atoms with Crippen LogP contribution in [0.4, 0.5) is 19.3 Å². The number of benzene rings is 2. The SMILES string of the molecule is CN1CCN(c2cccc(Cl)c2/C=C2\SC(=O)N(CCCCC(=O)N3CCN(CC(O)(Cn4cncn4)c4ccc(F)cc4F)CC3)C2=O)CC1. The van der Waals surface area contributed by atoms with Crippen LogP contribution in [0.1, 0.15) is 30.4 Å². The van der Waals surface area contributed by atoms with Gasteiger partial charge in [-0.05, 0) is 55.9 Å². The van der Waals surface area contributed by atoms with Gasteiger partial charge >= 0.3 is 0 Å². The average molecular weight is 743 g/mol. The first kappa shape index (κ1) is 36.9. The molecule has 51 heavy (non-hydrogen) atoms. The highest BCUT2D eigenvalue weighted by molar-refractivity contribution is 8.18. The molecular formula is C35H41ClF2N8O4S. The van der Waals surface area contributed by atoms with Crippen LogP contribution in [0.5, 0.6) is 0 Å². The molecule has 6 rings (SSSR count). The van der Waals surface area contributed by atoms with Gasteiger partial charge in [0, 0.05) is 99.8 Å². The minimum atomic E-state index is -1.73. The van der Waals surface area contributed by atoms with E-state index in [4.69, 9.17) is 11.6 Å². The smallest absolute Gasteiger partial charge is 0.293 e. The molecule has 1 unspecified atom stereocenters. The summed E-state index contributed by atoms with van der Waals surface area (Å²) in [5.74, 6) is -2.00. The van der Waals surface area contributed by atoms with Crippen molar-refractivity contribution in [1.82, 2.24) is 34.4 Å². The Morgan fingerprint density at radius 1 is 1.02 bits per heavy atom. The van der Waals surface area contributed by atoms with Crippen LogP contribution in [0.15, 0.2) is 54.0 Å². The number of hydrogen-bond acceptors (Lipinski definition) is 10. The van der Waals surface area contributed by atoms with Crippen LogP contribution < -0.4 is 4.90 Å². The Morgan fingerprint density at radius 2 is 1.78 bits per heavy atom. The lowest BCUT2D eigenvalue weighted by Gasteiger charge is -2.39. The van der Waals surface area contributed by atoms with Crippen molar-refractivity contribution in [1.29, 1.82) is 0 Å². The number of aromatic nitrogens is 3. The van der Waals surface area contributed by atoms with Gasteiger partial charge in [0.05, 0.1) is 11.4 Å². The van der Waals surface area contributed by atoms with E-state index in [9.17, 15) is 28.3 Å². The molecule has 4 heterocycles. The summed E-state index contributed by atoms with van der Waals surface area (Å²) in [6, 6.07) is 8.75. The highest BCUT2D eigenvalue weighted by Crippen LogP contribution is 2.37. The van der Waals surface area contributed by atoms with Crippen molar-refractivity contribution in [3.05, 3.63) is 81.7 Å². The number of anilines is 1. The summed E-state index contributed by atoms with van der Waals surface area (Å²) in [5, 5.41) is 15.9. The summed E-state index contributed by atoms with van der Waals surface area (Å²) in [6.07, 6.45) is 5.69. The van der Waals surface area contributed by atoms with E-state index in [1.165, 1.54) is 28.3 Å². The van der Waals surface area contributed by atoms with Gasteiger partial charge in [-0.25, -0.2) is 18.4 Å². The molecule has 1 N–H and O–H groups in total. The predicted molar refractivity (Wildman–Crippen MR) is 191 cm³/mol. The third-order valence-corrected chi connectivity index (χ3v) is 10.8. The Hall–Kier alpha value is -3.89. The number of β-amino-alcohol motifs (C(OH)–C–C–N with tert-alkyl or cyclic N) is 1. The molecule has 3 saturated heterocycles. The fourth-order valence-electron chi connectivity index (χ4n) is 6.71. The number of carbonyl (C=O) groups excluding carboxylic acids is 3. The van der Waals surface area contributed by atoms with Gasteiger partial charge in [-0.2, -0.15) is 5.10 Å². The van der Waals surface area contributed by atoms with E-state index in [-0.39, 0.29) is 48.7 Å². The molecule has 0 bridgehead atoms. The maximum atomic E-state index is 14.8. The standard InChI is InChI=1S/C35H41ClF2N8O4S/c1-41-11-15-43(16-12-41)30-6-4-5-28(36)26(30)20-31-33(48)46(34(49)51-31)10-3-2-7-32(47)44-17-13-42(14-18-44)21-35(50,22-45-24-39-23-40-45)27-9-8-25(37)19-29(27)38/h4-6,8-9,19-20,23-24,50H,2-3,7,10-18,21-22H2,1H3/b31-20-. The van der Waals surface area contributed by atoms with Crippen LogP contribution in [-0.2, 0) is 21.7 Å². The maximum absolute atomic E-state index is 14.8. The Morgan fingerprint density at radius 3 is 2.49 bits per heavy atom. The second-order valence-electron chi connectivity index (χ2n) is 13.2. The highest BCUT2D eigenvalue weighted by atomic mass is 35.5. The van der Waals surface area contributed by atoms with Crippen molar-refractivity contribution in [2.24, 2.45) is 0 Å². The summed E-state index contributed by atoms with van der Waals surface area (Å²) in [4.78, 5) is 52.8. The minimum Gasteiger partial charge on any atom is -0.382 e. The zero-order valence-corrected chi connectivity index (χ0v) is 30.0. The number of hydrogen-bond donors (Lipinski definition) is 1. The van der Waals surface area contributed by atoms with Gasteiger partial charge < -0.3 is 19.8 Å². The van der Waals surface area contributed by atoms with Gasteiger partial charge in [0.2, 0.25) is 5.91 Å². The summed E-state index contributed by atoms with van der Waals surface area (Å²) in [6.45, 7) is 5.37. The number of halogens is 3. The third kappa shape index (κ3) is 8.78. The number of aliphatic hydroxyl groups is 1. The molecule has 12 nitrogen and oxygen atoms in total. The number of imide groups is 1. The molecule has 272 valence electrons. The fraction of sp³-hybridized carbons (Fsp3) is 0.457. The number of thioether (sulfide) groups is 1. The predicted octanol–water partition coefficient (Wildman–Crippen LogP) is 3.90. The number of piperazine rings is 2. The average Bonchev–Trinajstić information content (AvgIpc) is 3.70. The lowest BCUT2D eigenvalue weighted by atomic mass is 9.92. The second-order valence-corrected chi connectivity index (χ2v) is 14.6. The topological polar surface area (TPSA) is 118 Å². The Kier molecular flexibility index (Phi) is 11.7. The van der Waals surface area contributed by atoms with Crippen LogP contribution in [0.3, 0.4) is 0 Å². The first-order valence-corrected chi connectivity index (χ1v) is 18.2. The number of unbranched alkanes of at least 4 members (excludes halogenated alkanes) is 1. The quantitative estimate of drug-likeness (QED) is 0.216. The number of carbonyl (C=O) groups is 3. The van der Waals surface area contributed by atoms with Crippen molar-refractivity contribution in [3.63, 3.8) is 0 Å². The monoisotopic (exact) mass is 742 g/mol.